The van der Waals surface area contributed by atoms with E-state index in [2.05, 4.69) is 45.0 Å². The van der Waals surface area contributed by atoms with Crippen molar-refractivity contribution in [2.75, 3.05) is 39.1 Å². The zero-order chi connectivity index (χ0) is 28.8. The molecule has 3 aromatic rings. The molecule has 2 aromatic carbocycles. The Kier molecular flexibility index (Phi) is 8.94. The number of ether oxygens (including phenoxy) is 1. The number of hydrogen-bond donors (Lipinski definition) is 4. The summed E-state index contributed by atoms with van der Waals surface area (Å²) in [5.41, 5.74) is 6.55. The molecule has 1 fully saturated rings. The molecule has 1 aliphatic heterocycles. The van der Waals surface area contributed by atoms with Crippen LogP contribution in [0.5, 0.6) is 5.75 Å². The van der Waals surface area contributed by atoms with Crippen LogP contribution < -0.4 is 20.7 Å². The summed E-state index contributed by atoms with van der Waals surface area (Å²) in [6.07, 6.45) is 5.79. The van der Waals surface area contributed by atoms with Crippen molar-refractivity contribution in [2.45, 2.75) is 45.1 Å². The Hall–Kier alpha value is -4.24. The molecule has 0 radical (unpaired) electrons. The molecule has 0 atom stereocenters. The summed E-state index contributed by atoms with van der Waals surface area (Å²) in [4.78, 5) is 24.8. The smallest absolute Gasteiger partial charge is 0.251 e. The number of likely N-dealkylation sites (tertiary alicyclic amines) is 1. The lowest BCUT2D eigenvalue weighted by Crippen LogP contribution is -2.43. The van der Waals surface area contributed by atoms with Gasteiger partial charge in [-0.2, -0.15) is 0 Å². The van der Waals surface area contributed by atoms with Gasteiger partial charge >= 0.3 is 0 Å². The Bertz CT molecular complexity index is 1430. The van der Waals surface area contributed by atoms with Gasteiger partial charge in [-0.05, 0) is 82.1 Å². The third-order valence-electron chi connectivity index (χ3n) is 7.72. The fourth-order valence-electron chi connectivity index (χ4n) is 5.40. The molecular formula is C32H39N7O2. The number of aryl methyl sites for hydroxylation is 1. The lowest BCUT2D eigenvalue weighted by Gasteiger charge is -2.29. The zero-order valence-electron chi connectivity index (χ0n) is 24.1. The number of nitrogens with zero attached hydrogens (tertiary/aromatic N) is 3. The molecule has 2 aliphatic rings. The Balaban J connectivity index is 1.40. The summed E-state index contributed by atoms with van der Waals surface area (Å²) >= 11 is 0. The molecule has 1 aromatic heterocycles. The van der Waals surface area contributed by atoms with Crippen molar-refractivity contribution in [3.63, 3.8) is 0 Å². The largest absolute Gasteiger partial charge is 0.492 e. The van der Waals surface area contributed by atoms with Crippen LogP contribution in [-0.4, -0.2) is 66.3 Å². The summed E-state index contributed by atoms with van der Waals surface area (Å²) in [6, 6.07) is 15.8. The summed E-state index contributed by atoms with van der Waals surface area (Å²) in [7, 11) is 4.00. The molecule has 0 spiro atoms. The van der Waals surface area contributed by atoms with Gasteiger partial charge in [-0.3, -0.25) is 4.79 Å². The minimum absolute atomic E-state index is 0.0941. The molecule has 0 saturated carbocycles. The van der Waals surface area contributed by atoms with Crippen molar-refractivity contribution in [1.29, 1.82) is 5.41 Å². The van der Waals surface area contributed by atoms with Crippen LogP contribution in [-0.2, 0) is 12.8 Å². The van der Waals surface area contributed by atoms with Crippen LogP contribution in [0.4, 0.5) is 11.6 Å². The fourth-order valence-corrected chi connectivity index (χ4v) is 5.40. The number of allylic oxidation sites excluding steroid dienone is 2. The molecule has 4 N–H and O–H groups in total. The first kappa shape index (κ1) is 28.3. The molecule has 41 heavy (non-hydrogen) atoms. The van der Waals surface area contributed by atoms with Crippen molar-refractivity contribution in [2.24, 2.45) is 0 Å². The average molecular weight is 554 g/mol. The molecule has 1 aliphatic carbocycles. The average Bonchev–Trinajstić information content (AvgIpc) is 2.99. The number of amides is 1. The van der Waals surface area contributed by atoms with Crippen LogP contribution in [0.25, 0.3) is 5.57 Å². The van der Waals surface area contributed by atoms with E-state index in [1.165, 1.54) is 0 Å². The van der Waals surface area contributed by atoms with Crippen molar-refractivity contribution in [3.8, 4) is 5.75 Å². The van der Waals surface area contributed by atoms with Crippen LogP contribution in [0, 0.1) is 5.41 Å². The summed E-state index contributed by atoms with van der Waals surface area (Å²) in [5.74, 6) is 0.882. The van der Waals surface area contributed by atoms with E-state index in [0.717, 1.165) is 60.4 Å². The highest BCUT2D eigenvalue weighted by molar-refractivity contribution is 6.24. The Morgan fingerprint density at radius 1 is 1.12 bits per heavy atom. The van der Waals surface area contributed by atoms with Crippen LogP contribution in [0.15, 0.2) is 60.4 Å². The number of aromatic nitrogens is 2. The van der Waals surface area contributed by atoms with Gasteiger partial charge in [0.2, 0.25) is 5.95 Å². The number of carbonyl (C=O) groups excluding carboxylic acids is 1. The number of anilines is 2. The maximum atomic E-state index is 13.0. The molecular weight excluding hydrogens is 514 g/mol. The monoisotopic (exact) mass is 553 g/mol. The van der Waals surface area contributed by atoms with E-state index < -0.39 is 0 Å². The number of carbonyl (C=O) groups is 1. The molecule has 2 heterocycles. The van der Waals surface area contributed by atoms with Gasteiger partial charge < -0.3 is 31.0 Å². The first-order chi connectivity index (χ1) is 19.9. The Morgan fingerprint density at radius 3 is 2.63 bits per heavy atom. The minimum atomic E-state index is -0.0941. The predicted octanol–water partition coefficient (Wildman–Crippen LogP) is 4.58. The normalized spacial score (nSPS) is 17.0. The Morgan fingerprint density at radius 2 is 1.90 bits per heavy atom. The third kappa shape index (κ3) is 6.74. The molecule has 214 valence electrons. The number of likely N-dealkylation sites (N-methyl/N-ethyl adjacent to an activating group) is 1. The number of nitrogens with one attached hydrogen (secondary N) is 4. The van der Waals surface area contributed by atoms with Gasteiger partial charge in [-0.15, -0.1) is 0 Å². The van der Waals surface area contributed by atoms with Gasteiger partial charge in [0, 0.05) is 48.3 Å². The number of hydrogen-bond acceptors (Lipinski definition) is 8. The molecule has 0 bridgehead atoms. The number of benzene rings is 2. The summed E-state index contributed by atoms with van der Waals surface area (Å²) in [5, 5.41) is 18.6. The second-order valence-electron chi connectivity index (χ2n) is 10.6. The molecule has 9 nitrogen and oxygen atoms in total. The maximum Gasteiger partial charge on any atom is 0.251 e. The topological polar surface area (TPSA) is 115 Å². The minimum Gasteiger partial charge on any atom is -0.492 e. The van der Waals surface area contributed by atoms with E-state index >= 15 is 0 Å². The van der Waals surface area contributed by atoms with Crippen molar-refractivity contribution < 1.29 is 9.53 Å². The molecule has 9 heteroatoms. The lowest BCUT2D eigenvalue weighted by molar-refractivity contribution is 0.0916. The molecule has 0 unspecified atom stereocenters. The predicted molar refractivity (Wildman–Crippen MR) is 163 cm³/mol. The quantitative estimate of drug-likeness (QED) is 0.307. The van der Waals surface area contributed by atoms with Crippen molar-refractivity contribution in [3.05, 3.63) is 82.8 Å². The molecule has 5 rings (SSSR count). The van der Waals surface area contributed by atoms with Crippen LogP contribution in [0.2, 0.25) is 0 Å². The highest BCUT2D eigenvalue weighted by Crippen LogP contribution is 2.33. The molecule has 1 amide bonds. The van der Waals surface area contributed by atoms with Gasteiger partial charge in [-0.25, -0.2) is 9.97 Å². The highest BCUT2D eigenvalue weighted by Gasteiger charge is 2.25. The SMILES string of the molecule is CCOc1cc(C(=O)NC2CCN(C)CC2)ccc1Nc1ncc2c(n1)/C(=C(\Cc1ccccc1)NC)C(=N)CC2. The van der Waals surface area contributed by atoms with Crippen molar-refractivity contribution in [1.82, 2.24) is 25.5 Å². The maximum absolute atomic E-state index is 13.0. The van der Waals surface area contributed by atoms with E-state index in [0.29, 0.717) is 48.1 Å². The van der Waals surface area contributed by atoms with E-state index in [9.17, 15) is 4.79 Å². The first-order valence-corrected chi connectivity index (χ1v) is 14.4. The molecule has 1 saturated heterocycles. The Labute approximate surface area is 241 Å². The van der Waals surface area contributed by atoms with Gasteiger partial charge in [-0.1, -0.05) is 30.3 Å². The third-order valence-corrected chi connectivity index (χ3v) is 7.72. The van der Waals surface area contributed by atoms with E-state index in [-0.39, 0.29) is 11.9 Å². The van der Waals surface area contributed by atoms with Gasteiger partial charge in [0.05, 0.1) is 18.0 Å². The zero-order valence-corrected chi connectivity index (χ0v) is 24.1. The second-order valence-corrected chi connectivity index (χ2v) is 10.6. The van der Waals surface area contributed by atoms with Gasteiger partial charge in [0.25, 0.3) is 5.91 Å². The van der Waals surface area contributed by atoms with Gasteiger partial charge in [0.1, 0.15) is 5.75 Å². The van der Waals surface area contributed by atoms with Crippen LogP contribution in [0.1, 0.15) is 53.4 Å². The van der Waals surface area contributed by atoms with Crippen LogP contribution >= 0.6 is 0 Å². The highest BCUT2D eigenvalue weighted by atomic mass is 16.5. The van der Waals surface area contributed by atoms with E-state index in [1.807, 2.05) is 44.4 Å². The number of piperidine rings is 1. The van der Waals surface area contributed by atoms with Crippen molar-refractivity contribution >= 4 is 28.8 Å². The second kappa shape index (κ2) is 13.0. The van der Waals surface area contributed by atoms with Crippen LogP contribution in [0.3, 0.4) is 0 Å². The fraction of sp³-hybridized carbons (Fsp3) is 0.375. The summed E-state index contributed by atoms with van der Waals surface area (Å²) < 4.78 is 5.92. The standard InChI is InChI=1S/C32H39N7O2/c1-4-41-28-19-22(31(40)36-24-14-16-39(3)17-15-24)11-13-26(28)37-32-35-20-23-10-12-25(33)29(30(23)38-32)27(34-2)18-21-8-6-5-7-9-21/h5-9,11,13,19-20,24,33-34H,4,10,12,14-18H2,1-3H3,(H,36,40)(H,35,37,38)/b29-27+,33-25?. The summed E-state index contributed by atoms with van der Waals surface area (Å²) in [6.45, 7) is 4.34. The number of rotatable bonds is 9. The van der Waals surface area contributed by atoms with E-state index in [1.54, 1.807) is 12.1 Å². The van der Waals surface area contributed by atoms with Gasteiger partial charge in [0.15, 0.2) is 0 Å². The first-order valence-electron chi connectivity index (χ1n) is 14.4. The number of fused-ring (bicyclic) bond motifs is 1. The van der Waals surface area contributed by atoms with E-state index in [4.69, 9.17) is 15.1 Å². The lowest BCUT2D eigenvalue weighted by atomic mass is 9.88.